The molecule has 3 aromatic heterocycles. The number of aromatic amines is 2. The Morgan fingerprint density at radius 1 is 0.365 bits per heavy atom. The maximum absolute atomic E-state index is 5.54. The summed E-state index contributed by atoms with van der Waals surface area (Å²) in [6, 6.07) is 22.5. The number of H-pyrrole nitrogens is 2. The third-order valence-electron chi connectivity index (χ3n) is 10.5. The fourth-order valence-corrected chi connectivity index (χ4v) is 9.30. The molecule has 0 unspecified atom stereocenters. The molecule has 2 aliphatic rings. The number of rotatable bonds is 3. The lowest BCUT2D eigenvalue weighted by molar-refractivity contribution is 1.27. The van der Waals surface area contributed by atoms with E-state index in [-0.39, 0.29) is 0 Å². The minimum atomic E-state index is 0.941. The SMILES string of the molecule is Cc1cc(C)c(-c2c3nc(c(-c4c(C)cc(C)cc4C)c4ccc([nH]4)c(-c4c(C)cc(C)cc4C)c4nc(c(I)c5ccc2[nH]5)C=C4)C=C3)c(C)c1. The molecule has 8 bridgehead atoms. The van der Waals surface area contributed by atoms with E-state index >= 15 is 0 Å². The molecule has 4 nitrogen and oxygen atoms in total. The van der Waals surface area contributed by atoms with Gasteiger partial charge in [0.1, 0.15) is 0 Å². The zero-order chi connectivity index (χ0) is 36.6. The Kier molecular flexibility index (Phi) is 8.45. The van der Waals surface area contributed by atoms with Crippen molar-refractivity contribution in [1.29, 1.82) is 0 Å². The quantitative estimate of drug-likeness (QED) is 0.175. The van der Waals surface area contributed by atoms with Crippen LogP contribution in [0.2, 0.25) is 0 Å². The Morgan fingerprint density at radius 3 is 0.981 bits per heavy atom. The van der Waals surface area contributed by atoms with Crippen LogP contribution in [-0.4, -0.2) is 19.9 Å². The van der Waals surface area contributed by atoms with Gasteiger partial charge in [-0.15, -0.1) is 0 Å². The van der Waals surface area contributed by atoms with Crippen molar-refractivity contribution >= 4 is 69.0 Å². The molecule has 0 radical (unpaired) electrons. The summed E-state index contributed by atoms with van der Waals surface area (Å²) in [4.78, 5) is 18.6. The van der Waals surface area contributed by atoms with Crippen molar-refractivity contribution < 1.29 is 0 Å². The molecule has 0 amide bonds. The summed E-state index contributed by atoms with van der Waals surface area (Å²) in [7, 11) is 0. The Labute approximate surface area is 320 Å². The molecular formula is C47H43IN4. The monoisotopic (exact) mass is 790 g/mol. The van der Waals surface area contributed by atoms with Gasteiger partial charge in [0.2, 0.25) is 0 Å². The molecule has 0 fully saturated rings. The summed E-state index contributed by atoms with van der Waals surface area (Å²) in [6.07, 6.45) is 8.72. The number of nitrogens with zero attached hydrogens (tertiary/aromatic N) is 2. The third-order valence-corrected chi connectivity index (χ3v) is 11.6. The van der Waals surface area contributed by atoms with E-state index in [1.54, 1.807) is 0 Å². The summed E-state index contributed by atoms with van der Waals surface area (Å²) in [5.41, 5.74) is 26.0. The van der Waals surface area contributed by atoms with Crippen LogP contribution in [0.3, 0.4) is 0 Å². The highest BCUT2D eigenvalue weighted by Crippen LogP contribution is 2.41. The zero-order valence-electron chi connectivity index (χ0n) is 31.4. The van der Waals surface area contributed by atoms with Gasteiger partial charge in [-0.05, 0) is 184 Å². The second kappa shape index (κ2) is 12.9. The highest BCUT2D eigenvalue weighted by atomic mass is 127. The number of hydrogen-bond acceptors (Lipinski definition) is 2. The number of aromatic nitrogens is 4. The van der Waals surface area contributed by atoms with Gasteiger partial charge in [0.15, 0.2) is 0 Å². The van der Waals surface area contributed by atoms with E-state index in [1.807, 2.05) is 0 Å². The minimum Gasteiger partial charge on any atom is -0.354 e. The van der Waals surface area contributed by atoms with Gasteiger partial charge in [-0.3, -0.25) is 0 Å². The standard InChI is InChI=1S/C47H43IN4/c1-24-18-27(4)41(28(5)19-24)44-33-10-12-35(49-33)45(42-29(6)20-25(2)21-30(42)7)37-14-16-39(51-37)47(48)40-17-15-38(52-40)46(36-13-11-34(44)50-36)43-31(8)22-26(3)23-32(43)9/h10-23,49,52H,1-9H3. The number of aryl methyl sites for hydroxylation is 9. The van der Waals surface area contributed by atoms with E-state index in [0.717, 1.165) is 65.1 Å². The summed E-state index contributed by atoms with van der Waals surface area (Å²) in [5.74, 6) is 0. The predicted octanol–water partition coefficient (Wildman–Crippen LogP) is 13.0. The van der Waals surface area contributed by atoms with Crippen molar-refractivity contribution in [3.8, 4) is 33.4 Å². The van der Waals surface area contributed by atoms with Crippen molar-refractivity contribution in [3.63, 3.8) is 0 Å². The van der Waals surface area contributed by atoms with E-state index in [2.05, 4.69) is 180 Å². The first-order valence-electron chi connectivity index (χ1n) is 17.9. The Balaban J connectivity index is 1.60. The average Bonchev–Trinajstić information content (AvgIpc) is 3.89. The maximum atomic E-state index is 5.54. The predicted molar refractivity (Wildman–Crippen MR) is 231 cm³/mol. The Hall–Kier alpha value is -5.01. The second-order valence-electron chi connectivity index (χ2n) is 14.8. The molecule has 0 saturated carbocycles. The highest BCUT2D eigenvalue weighted by molar-refractivity contribution is 14.1. The van der Waals surface area contributed by atoms with Crippen molar-refractivity contribution in [3.05, 3.63) is 137 Å². The van der Waals surface area contributed by atoms with Gasteiger partial charge in [-0.25, -0.2) is 9.97 Å². The third kappa shape index (κ3) is 5.76. The Bertz CT molecular complexity index is 2610. The van der Waals surface area contributed by atoms with Crippen molar-refractivity contribution in [2.75, 3.05) is 0 Å². The smallest absolute Gasteiger partial charge is 0.0792 e. The molecule has 3 aromatic carbocycles. The van der Waals surface area contributed by atoms with Crippen LogP contribution in [0.15, 0.2) is 60.7 Å². The fraction of sp³-hybridized carbons (Fsp3) is 0.191. The molecular weight excluding hydrogens is 747 g/mol. The second-order valence-corrected chi connectivity index (χ2v) is 15.8. The number of benzene rings is 3. The van der Waals surface area contributed by atoms with E-state index < -0.39 is 0 Å². The van der Waals surface area contributed by atoms with Crippen LogP contribution in [0.4, 0.5) is 0 Å². The summed E-state index contributed by atoms with van der Waals surface area (Å²) >= 11 is 2.45. The first-order valence-corrected chi connectivity index (χ1v) is 19.0. The molecule has 0 aliphatic carbocycles. The van der Waals surface area contributed by atoms with E-state index in [4.69, 9.17) is 9.97 Å². The maximum Gasteiger partial charge on any atom is 0.0792 e. The number of nitrogens with one attached hydrogen (secondary N) is 2. The van der Waals surface area contributed by atoms with Crippen LogP contribution in [0, 0.1) is 65.9 Å². The number of fused-ring (bicyclic) bond motifs is 8. The Morgan fingerprint density at radius 2 is 0.635 bits per heavy atom. The minimum absolute atomic E-state index is 0.941. The molecule has 5 heterocycles. The normalized spacial score (nSPS) is 12.3. The van der Waals surface area contributed by atoms with E-state index in [1.165, 1.54) is 66.8 Å². The van der Waals surface area contributed by atoms with Crippen LogP contribution in [-0.2, 0) is 0 Å². The average molecular weight is 791 g/mol. The first kappa shape index (κ1) is 34.1. The zero-order valence-corrected chi connectivity index (χ0v) is 33.5. The van der Waals surface area contributed by atoms with E-state index in [9.17, 15) is 0 Å². The molecule has 2 N–H and O–H groups in total. The van der Waals surface area contributed by atoms with Gasteiger partial charge in [0.05, 0.1) is 31.9 Å². The van der Waals surface area contributed by atoms with Gasteiger partial charge in [0, 0.05) is 33.2 Å². The van der Waals surface area contributed by atoms with Crippen molar-refractivity contribution in [2.45, 2.75) is 62.3 Å². The molecule has 5 heteroatoms. The van der Waals surface area contributed by atoms with Gasteiger partial charge in [-0.1, -0.05) is 53.1 Å². The van der Waals surface area contributed by atoms with Crippen LogP contribution >= 0.6 is 22.6 Å². The molecule has 258 valence electrons. The lowest BCUT2D eigenvalue weighted by Gasteiger charge is -2.14. The van der Waals surface area contributed by atoms with Gasteiger partial charge < -0.3 is 9.97 Å². The topological polar surface area (TPSA) is 57.4 Å². The first-order chi connectivity index (χ1) is 24.9. The van der Waals surface area contributed by atoms with Crippen molar-refractivity contribution in [2.24, 2.45) is 0 Å². The number of halogens is 1. The molecule has 0 saturated heterocycles. The molecule has 52 heavy (non-hydrogen) atoms. The van der Waals surface area contributed by atoms with Gasteiger partial charge >= 0.3 is 0 Å². The van der Waals surface area contributed by atoms with Crippen molar-refractivity contribution in [1.82, 2.24) is 19.9 Å². The van der Waals surface area contributed by atoms with E-state index in [0.29, 0.717) is 0 Å². The fourth-order valence-electron chi connectivity index (χ4n) is 8.68. The molecule has 8 rings (SSSR count). The number of hydrogen-bond donors (Lipinski definition) is 2. The molecule has 0 spiro atoms. The largest absolute Gasteiger partial charge is 0.354 e. The van der Waals surface area contributed by atoms with Crippen LogP contribution in [0.25, 0.3) is 79.8 Å². The van der Waals surface area contributed by atoms with Gasteiger partial charge in [-0.2, -0.15) is 0 Å². The summed E-state index contributed by atoms with van der Waals surface area (Å²) < 4.78 is 1.07. The van der Waals surface area contributed by atoms with Crippen LogP contribution in [0.5, 0.6) is 0 Å². The van der Waals surface area contributed by atoms with Crippen LogP contribution in [0.1, 0.15) is 72.8 Å². The lowest BCUT2D eigenvalue weighted by Crippen LogP contribution is -1.96. The molecule has 6 aromatic rings. The summed E-state index contributed by atoms with van der Waals surface area (Å²) in [5, 5.41) is 0. The molecule has 0 atom stereocenters. The van der Waals surface area contributed by atoms with Gasteiger partial charge in [0.25, 0.3) is 0 Å². The highest BCUT2D eigenvalue weighted by Gasteiger charge is 2.22. The lowest BCUT2D eigenvalue weighted by atomic mass is 9.92. The van der Waals surface area contributed by atoms with Crippen LogP contribution < -0.4 is 0 Å². The summed E-state index contributed by atoms with van der Waals surface area (Å²) in [6.45, 7) is 19.8. The molecule has 2 aliphatic heterocycles.